The molecule has 7 nitrogen and oxygen atoms in total. The molecule has 3 aromatic rings. The number of carbonyl (C=O) groups is 3. The van der Waals surface area contributed by atoms with Crippen LogP contribution in [0.25, 0.3) is 0 Å². The molecular formula is C34H41N3O4S. The van der Waals surface area contributed by atoms with Gasteiger partial charge in [-0.2, -0.15) is 0 Å². The Labute approximate surface area is 253 Å². The monoisotopic (exact) mass is 587 g/mol. The van der Waals surface area contributed by atoms with Gasteiger partial charge in [0.2, 0.25) is 11.8 Å². The fourth-order valence-corrected chi connectivity index (χ4v) is 6.61. The lowest BCUT2D eigenvalue weighted by Gasteiger charge is -2.35. The van der Waals surface area contributed by atoms with E-state index >= 15 is 0 Å². The number of nitrogens with zero attached hydrogens (tertiary/aromatic N) is 2. The fourth-order valence-electron chi connectivity index (χ4n) is 5.46. The second kappa shape index (κ2) is 13.5. The van der Waals surface area contributed by atoms with Crippen LogP contribution in [-0.2, 0) is 22.6 Å². The number of likely N-dealkylation sites (N-methyl/N-ethyl adjacent to an activating group) is 1. The van der Waals surface area contributed by atoms with Crippen LogP contribution in [0.5, 0.6) is 5.75 Å². The number of thioether (sulfide) groups is 1. The molecule has 3 aromatic carbocycles. The Morgan fingerprint density at radius 2 is 1.71 bits per heavy atom. The standard InChI is InChI=1S/C34H41N3O4S/c1-6-36(21-26-16-11-10-13-23(26)2)33(41)31-34(4,5)42-22-37(31)30(39)20-27(19-25-14-8-7-9-15-25)35-32(40)28-17-12-18-29(38)24(28)3/h7-18,27,31,38H,6,19-22H2,1-5H3,(H,35,40)/t27-,31+/m0/s1. The zero-order chi connectivity index (χ0) is 30.4. The van der Waals surface area contributed by atoms with Crippen molar-refractivity contribution < 1.29 is 19.5 Å². The van der Waals surface area contributed by atoms with Crippen molar-refractivity contribution in [2.24, 2.45) is 0 Å². The smallest absolute Gasteiger partial charge is 0.251 e. The molecule has 1 saturated heterocycles. The summed E-state index contributed by atoms with van der Waals surface area (Å²) in [7, 11) is 0. The summed E-state index contributed by atoms with van der Waals surface area (Å²) in [5.41, 5.74) is 4.04. The van der Waals surface area contributed by atoms with Crippen LogP contribution >= 0.6 is 11.8 Å². The normalized spacial score (nSPS) is 16.6. The Morgan fingerprint density at radius 3 is 2.40 bits per heavy atom. The first-order chi connectivity index (χ1) is 20.0. The molecule has 0 bridgehead atoms. The SMILES string of the molecule is CCN(Cc1ccccc1C)C(=O)[C@H]1N(C(=O)C[C@H](Cc2ccccc2)NC(=O)c2cccc(O)c2C)CSC1(C)C. The molecule has 0 aliphatic carbocycles. The molecule has 0 radical (unpaired) electrons. The second-order valence-electron chi connectivity index (χ2n) is 11.4. The first-order valence-corrected chi connectivity index (χ1v) is 15.4. The molecule has 0 saturated carbocycles. The molecule has 4 rings (SSSR count). The van der Waals surface area contributed by atoms with Crippen LogP contribution in [0, 0.1) is 13.8 Å². The quantitative estimate of drug-likeness (QED) is 0.328. The molecule has 0 aromatic heterocycles. The first-order valence-electron chi connectivity index (χ1n) is 14.4. The summed E-state index contributed by atoms with van der Waals surface area (Å²) in [6, 6.07) is 21.5. The van der Waals surface area contributed by atoms with E-state index in [0.29, 0.717) is 36.5 Å². The highest BCUT2D eigenvalue weighted by Crippen LogP contribution is 2.40. The third kappa shape index (κ3) is 7.16. The van der Waals surface area contributed by atoms with Gasteiger partial charge in [-0.25, -0.2) is 0 Å². The van der Waals surface area contributed by atoms with Crippen LogP contribution < -0.4 is 5.32 Å². The molecule has 2 N–H and O–H groups in total. The van der Waals surface area contributed by atoms with E-state index in [4.69, 9.17) is 0 Å². The Morgan fingerprint density at radius 1 is 1.02 bits per heavy atom. The zero-order valence-corrected chi connectivity index (χ0v) is 25.9. The van der Waals surface area contributed by atoms with Gasteiger partial charge in [0.25, 0.3) is 5.91 Å². The van der Waals surface area contributed by atoms with E-state index in [0.717, 1.165) is 16.7 Å². The lowest BCUT2D eigenvalue weighted by atomic mass is 9.97. The van der Waals surface area contributed by atoms with Crippen LogP contribution in [-0.4, -0.2) is 61.9 Å². The van der Waals surface area contributed by atoms with Crippen molar-refractivity contribution in [3.05, 3.63) is 101 Å². The summed E-state index contributed by atoms with van der Waals surface area (Å²) in [5, 5.41) is 13.2. The molecule has 1 aliphatic rings. The van der Waals surface area contributed by atoms with Gasteiger partial charge in [0, 0.05) is 41.4 Å². The van der Waals surface area contributed by atoms with E-state index in [9.17, 15) is 19.5 Å². The number of amides is 3. The van der Waals surface area contributed by atoms with Crippen molar-refractivity contribution in [2.45, 2.75) is 70.8 Å². The number of aromatic hydroxyl groups is 1. The molecule has 222 valence electrons. The number of benzene rings is 3. The van der Waals surface area contributed by atoms with Crippen LogP contribution in [0.1, 0.15) is 59.8 Å². The highest BCUT2D eigenvalue weighted by molar-refractivity contribution is 8.00. The van der Waals surface area contributed by atoms with Crippen LogP contribution in [0.4, 0.5) is 0 Å². The number of aryl methyl sites for hydroxylation is 1. The maximum atomic E-state index is 14.1. The van der Waals surface area contributed by atoms with Crippen molar-refractivity contribution in [3.8, 4) is 5.75 Å². The predicted octanol–water partition coefficient (Wildman–Crippen LogP) is 5.47. The van der Waals surface area contributed by atoms with Gasteiger partial charge in [0.1, 0.15) is 11.8 Å². The lowest BCUT2D eigenvalue weighted by molar-refractivity contribution is -0.145. The lowest BCUT2D eigenvalue weighted by Crippen LogP contribution is -2.55. The minimum Gasteiger partial charge on any atom is -0.508 e. The molecule has 1 aliphatic heterocycles. The van der Waals surface area contributed by atoms with Crippen LogP contribution in [0.15, 0.2) is 72.8 Å². The topological polar surface area (TPSA) is 90.0 Å². The van der Waals surface area contributed by atoms with Gasteiger partial charge in [0.05, 0.1) is 5.88 Å². The minimum absolute atomic E-state index is 0.0437. The molecule has 2 atom stereocenters. The van der Waals surface area contributed by atoms with Gasteiger partial charge in [0.15, 0.2) is 0 Å². The average molecular weight is 588 g/mol. The average Bonchev–Trinajstić information content (AvgIpc) is 3.29. The van der Waals surface area contributed by atoms with Crippen molar-refractivity contribution in [2.75, 3.05) is 12.4 Å². The zero-order valence-electron chi connectivity index (χ0n) is 25.1. The molecule has 42 heavy (non-hydrogen) atoms. The van der Waals surface area contributed by atoms with E-state index in [1.54, 1.807) is 41.8 Å². The number of phenolic OH excluding ortho intramolecular Hbond substituents is 1. The highest BCUT2D eigenvalue weighted by atomic mass is 32.2. The summed E-state index contributed by atoms with van der Waals surface area (Å²) in [6.45, 7) is 10.7. The van der Waals surface area contributed by atoms with Gasteiger partial charge >= 0.3 is 0 Å². The molecule has 3 amide bonds. The Bertz CT molecular complexity index is 1430. The number of phenols is 1. The molecule has 8 heteroatoms. The molecule has 0 spiro atoms. The Hall–Kier alpha value is -3.78. The largest absolute Gasteiger partial charge is 0.508 e. The summed E-state index contributed by atoms with van der Waals surface area (Å²) in [5.74, 6) is -0.143. The minimum atomic E-state index is -0.625. The van der Waals surface area contributed by atoms with E-state index in [-0.39, 0.29) is 29.9 Å². The van der Waals surface area contributed by atoms with Gasteiger partial charge in [-0.15, -0.1) is 11.8 Å². The van der Waals surface area contributed by atoms with Crippen LogP contribution in [0.3, 0.4) is 0 Å². The summed E-state index contributed by atoms with van der Waals surface area (Å²) in [4.78, 5) is 44.9. The predicted molar refractivity (Wildman–Crippen MR) is 168 cm³/mol. The Balaban J connectivity index is 1.56. The van der Waals surface area contributed by atoms with Crippen LogP contribution in [0.2, 0.25) is 0 Å². The molecule has 1 fully saturated rings. The van der Waals surface area contributed by atoms with Crippen molar-refractivity contribution in [1.29, 1.82) is 0 Å². The fraction of sp³-hybridized carbons (Fsp3) is 0.382. The van der Waals surface area contributed by atoms with E-state index in [2.05, 4.69) is 5.32 Å². The maximum Gasteiger partial charge on any atom is 0.251 e. The highest BCUT2D eigenvalue weighted by Gasteiger charge is 2.49. The third-order valence-electron chi connectivity index (χ3n) is 8.05. The van der Waals surface area contributed by atoms with Gasteiger partial charge in [-0.3, -0.25) is 14.4 Å². The summed E-state index contributed by atoms with van der Waals surface area (Å²) in [6.07, 6.45) is 0.496. The number of rotatable bonds is 10. The Kier molecular flexibility index (Phi) is 9.99. The van der Waals surface area contributed by atoms with Gasteiger partial charge in [-0.1, -0.05) is 60.7 Å². The maximum absolute atomic E-state index is 14.1. The van der Waals surface area contributed by atoms with E-state index in [1.165, 1.54) is 0 Å². The van der Waals surface area contributed by atoms with Crippen molar-refractivity contribution in [3.63, 3.8) is 0 Å². The van der Waals surface area contributed by atoms with Crippen molar-refractivity contribution in [1.82, 2.24) is 15.1 Å². The van der Waals surface area contributed by atoms with E-state index < -0.39 is 16.8 Å². The summed E-state index contributed by atoms with van der Waals surface area (Å²) < 4.78 is -0.469. The number of hydrogen-bond donors (Lipinski definition) is 2. The van der Waals surface area contributed by atoms with E-state index in [1.807, 2.05) is 87.2 Å². The summed E-state index contributed by atoms with van der Waals surface area (Å²) >= 11 is 1.60. The first kappa shape index (κ1) is 31.2. The van der Waals surface area contributed by atoms with Gasteiger partial charge < -0.3 is 20.2 Å². The van der Waals surface area contributed by atoms with Crippen molar-refractivity contribution >= 4 is 29.5 Å². The third-order valence-corrected chi connectivity index (χ3v) is 9.42. The number of carbonyl (C=O) groups excluding carboxylic acids is 3. The number of nitrogens with one attached hydrogen (secondary N) is 1. The second-order valence-corrected chi connectivity index (χ2v) is 13.0. The number of hydrogen-bond acceptors (Lipinski definition) is 5. The molecule has 1 heterocycles. The molecule has 0 unspecified atom stereocenters. The molecular weight excluding hydrogens is 546 g/mol. The van der Waals surface area contributed by atoms with Gasteiger partial charge in [-0.05, 0) is 69.9 Å².